The first-order valence-electron chi connectivity index (χ1n) is 19.6. The number of halogens is 1. The Morgan fingerprint density at radius 3 is 2.52 bits per heavy atom. The van der Waals surface area contributed by atoms with Crippen LogP contribution in [0, 0.1) is 74.9 Å². The van der Waals surface area contributed by atoms with Crippen molar-refractivity contribution in [2.75, 3.05) is 0 Å². The van der Waals surface area contributed by atoms with Gasteiger partial charge in [-0.2, -0.15) is 0 Å². The lowest BCUT2D eigenvalue weighted by molar-refractivity contribution is -0.148. The Labute approximate surface area is 287 Å². The fraction of sp³-hybridized carbons (Fsp3) is 0.767. The molecule has 4 nitrogen and oxygen atoms in total. The monoisotopic (exact) mass is 658 g/mol. The van der Waals surface area contributed by atoms with E-state index in [4.69, 9.17) is 0 Å². The molecule has 0 spiro atoms. The lowest BCUT2D eigenvalue weighted by Crippen LogP contribution is -2.59. The third kappa shape index (κ3) is 4.25. The van der Waals surface area contributed by atoms with E-state index in [9.17, 15) is 19.8 Å². The molecule has 0 bridgehead atoms. The second-order valence-corrected chi connectivity index (χ2v) is 18.9. The van der Waals surface area contributed by atoms with Crippen molar-refractivity contribution in [2.45, 2.75) is 131 Å². The highest BCUT2D eigenvalue weighted by molar-refractivity contribution is 6.01. The molecule has 48 heavy (non-hydrogen) atoms. The van der Waals surface area contributed by atoms with Crippen molar-refractivity contribution in [3.8, 4) is 0 Å². The molecule has 0 aromatic rings. The molecular weight excluding hydrogens is 599 g/mol. The number of aliphatic hydroxyl groups excluding tert-OH is 2. The van der Waals surface area contributed by atoms with Gasteiger partial charge in [0.15, 0.2) is 11.6 Å². The van der Waals surface area contributed by atoms with E-state index in [0.717, 1.165) is 43.1 Å². The van der Waals surface area contributed by atoms with Gasteiger partial charge in [0.05, 0.1) is 6.10 Å². The summed E-state index contributed by atoms with van der Waals surface area (Å²) in [5.41, 5.74) is 1.77. The predicted octanol–water partition coefficient (Wildman–Crippen LogP) is 8.53. The zero-order valence-electron chi connectivity index (χ0n) is 30.2. The summed E-state index contributed by atoms with van der Waals surface area (Å²) in [5.74, 6) is 1.77. The number of ketones is 2. The zero-order chi connectivity index (χ0) is 34.1. The number of rotatable bonds is 4. The third-order valence-corrected chi connectivity index (χ3v) is 17.3. The van der Waals surface area contributed by atoms with E-state index in [-0.39, 0.29) is 47.1 Å². The summed E-state index contributed by atoms with van der Waals surface area (Å²) >= 11 is 0. The Morgan fingerprint density at radius 1 is 1.00 bits per heavy atom. The molecule has 0 saturated heterocycles. The van der Waals surface area contributed by atoms with E-state index in [1.54, 1.807) is 0 Å². The van der Waals surface area contributed by atoms with Crippen LogP contribution in [0.4, 0.5) is 4.39 Å². The molecule has 0 aromatic heterocycles. The van der Waals surface area contributed by atoms with Crippen molar-refractivity contribution in [3.63, 3.8) is 0 Å². The average molecular weight is 659 g/mol. The van der Waals surface area contributed by atoms with Gasteiger partial charge in [-0.05, 0) is 140 Å². The minimum Gasteiger partial charge on any atom is -0.393 e. The van der Waals surface area contributed by atoms with Gasteiger partial charge in [-0.3, -0.25) is 9.59 Å². The van der Waals surface area contributed by atoms with Gasteiger partial charge < -0.3 is 10.2 Å². The Morgan fingerprint density at radius 2 is 1.77 bits per heavy atom. The Hall–Kier alpha value is -1.85. The first-order valence-corrected chi connectivity index (χ1v) is 19.6. The number of carbonyl (C=O) groups is 2. The molecule has 0 radical (unpaired) electrons. The first-order chi connectivity index (χ1) is 22.7. The number of fused-ring (bicyclic) bond motifs is 10. The normalized spacial score (nSPS) is 52.8. The molecule has 8 aliphatic carbocycles. The highest BCUT2D eigenvalue weighted by Crippen LogP contribution is 2.70. The minimum absolute atomic E-state index is 0.0327. The quantitative estimate of drug-likeness (QED) is 0.297. The summed E-state index contributed by atoms with van der Waals surface area (Å²) in [6.07, 6.45) is 17.2. The molecule has 8 aliphatic rings. The van der Waals surface area contributed by atoms with Crippen LogP contribution in [-0.4, -0.2) is 40.2 Å². The summed E-state index contributed by atoms with van der Waals surface area (Å²) < 4.78 is 16.0. The van der Waals surface area contributed by atoms with Crippen molar-refractivity contribution >= 4 is 11.6 Å². The third-order valence-electron chi connectivity index (χ3n) is 17.3. The lowest BCUT2D eigenvalue weighted by Gasteiger charge is -2.60. The summed E-state index contributed by atoms with van der Waals surface area (Å²) in [6, 6.07) is 0. The van der Waals surface area contributed by atoms with E-state index >= 15 is 4.39 Å². The molecule has 8 rings (SSSR count). The maximum atomic E-state index is 16.0. The summed E-state index contributed by atoms with van der Waals surface area (Å²) in [5, 5.41) is 24.3. The van der Waals surface area contributed by atoms with Gasteiger partial charge in [-0.1, -0.05) is 71.8 Å². The van der Waals surface area contributed by atoms with Gasteiger partial charge in [0.1, 0.15) is 12.3 Å². The lowest BCUT2D eigenvalue weighted by atomic mass is 9.45. The van der Waals surface area contributed by atoms with Crippen LogP contribution >= 0.6 is 0 Å². The van der Waals surface area contributed by atoms with E-state index in [1.165, 1.54) is 49.8 Å². The molecule has 16 atom stereocenters. The second kappa shape index (κ2) is 11.1. The molecule has 6 fully saturated rings. The molecule has 0 aromatic carbocycles. The molecule has 6 saturated carbocycles. The standard InChI is InChI=1S/C43H59FO4/c1-7-24-12-14-29-27-13-11-25-9-8-10-31(43(25,6)30(27)16-18-40(24,29)3)38(47)39(48)36-23(2)19-32-28-21-34(44)33-20-26(45)15-17-41(33,4)37(28)35(46)22-42(32,36)5/h9-10,15,17,20,23-24,27-30,32,34-38,46-47H,7-8,11-14,16,18-19,21-22H2,1-6H3/t23-,24+,27+,28+,29+,30+,32+,34+,35+,36-,37-,38?,40-,41+,42+,43+/m1/s1. The average Bonchev–Trinajstić information content (AvgIpc) is 3.52. The van der Waals surface area contributed by atoms with E-state index in [2.05, 4.69) is 46.8 Å². The minimum atomic E-state index is -1.24. The van der Waals surface area contributed by atoms with E-state index < -0.39 is 35.1 Å². The summed E-state index contributed by atoms with van der Waals surface area (Å²) in [6.45, 7) is 13.6. The first kappa shape index (κ1) is 33.3. The largest absolute Gasteiger partial charge is 0.393 e. The van der Waals surface area contributed by atoms with Crippen molar-refractivity contribution < 1.29 is 24.2 Å². The topological polar surface area (TPSA) is 74.6 Å². The number of allylic oxidation sites excluding steroid dienone is 7. The Bertz CT molecular complexity index is 1520. The molecule has 1 unspecified atom stereocenters. The van der Waals surface area contributed by atoms with Crippen molar-refractivity contribution in [3.05, 3.63) is 47.1 Å². The van der Waals surface area contributed by atoms with Gasteiger partial charge in [-0.25, -0.2) is 4.39 Å². The molecule has 262 valence electrons. The van der Waals surface area contributed by atoms with Crippen molar-refractivity contribution in [2.24, 2.45) is 74.9 Å². The van der Waals surface area contributed by atoms with Crippen LogP contribution in [0.2, 0.25) is 0 Å². The molecule has 0 amide bonds. The molecule has 5 heteroatoms. The van der Waals surface area contributed by atoms with Crippen LogP contribution in [0.5, 0.6) is 0 Å². The summed E-state index contributed by atoms with van der Waals surface area (Å²) in [4.78, 5) is 27.2. The van der Waals surface area contributed by atoms with Crippen molar-refractivity contribution in [1.29, 1.82) is 0 Å². The number of hydrogen-bond acceptors (Lipinski definition) is 4. The van der Waals surface area contributed by atoms with E-state index in [0.29, 0.717) is 29.2 Å². The smallest absolute Gasteiger partial charge is 0.178 e. The number of carbonyl (C=O) groups excluding carboxylic acids is 2. The summed E-state index contributed by atoms with van der Waals surface area (Å²) in [7, 11) is 0. The van der Waals surface area contributed by atoms with Crippen molar-refractivity contribution in [1.82, 2.24) is 0 Å². The highest BCUT2D eigenvalue weighted by atomic mass is 19.1. The molecular formula is C43H59FO4. The SMILES string of the molecule is CC[C@H]1CC[C@H]2[C@@H]3CCC4=CCC=C(C(O)C(=O)[C@H]5[C@H](C)C[C@H]6[C@@H]7C[C@H](F)C8=CC(=O)C=C[C@]8(C)[C@H]7[C@@H](O)C[C@@]65C)[C@]4(C)[C@H]3CC[C@]12C. The predicted molar refractivity (Wildman–Crippen MR) is 186 cm³/mol. The van der Waals surface area contributed by atoms with Crippen LogP contribution < -0.4 is 0 Å². The Balaban J connectivity index is 1.09. The zero-order valence-corrected chi connectivity index (χ0v) is 30.2. The van der Waals surface area contributed by atoms with Crippen LogP contribution in [0.15, 0.2) is 47.1 Å². The van der Waals surface area contributed by atoms with Gasteiger partial charge in [0.2, 0.25) is 0 Å². The number of Topliss-reactive ketones (excluding diaryl/α,β-unsaturated/α-hetero) is 1. The fourth-order valence-corrected chi connectivity index (χ4v) is 15.3. The van der Waals surface area contributed by atoms with Crippen LogP contribution in [0.3, 0.4) is 0 Å². The Kier molecular flexibility index (Phi) is 7.68. The number of hydrogen-bond donors (Lipinski definition) is 2. The maximum absolute atomic E-state index is 16.0. The maximum Gasteiger partial charge on any atom is 0.178 e. The molecule has 0 heterocycles. The second-order valence-electron chi connectivity index (χ2n) is 18.9. The van der Waals surface area contributed by atoms with Crippen LogP contribution in [-0.2, 0) is 9.59 Å². The number of aliphatic hydroxyl groups is 2. The van der Waals surface area contributed by atoms with Gasteiger partial charge in [-0.15, -0.1) is 0 Å². The highest BCUT2D eigenvalue weighted by Gasteiger charge is 2.67. The van der Waals surface area contributed by atoms with Gasteiger partial charge in [0.25, 0.3) is 0 Å². The van der Waals surface area contributed by atoms with Gasteiger partial charge >= 0.3 is 0 Å². The fourth-order valence-electron chi connectivity index (χ4n) is 15.3. The number of alkyl halides is 1. The van der Waals surface area contributed by atoms with Crippen LogP contribution in [0.25, 0.3) is 0 Å². The molecule has 0 aliphatic heterocycles. The van der Waals surface area contributed by atoms with E-state index in [1.807, 2.05) is 13.0 Å². The molecule has 2 N–H and O–H groups in total. The van der Waals surface area contributed by atoms with Crippen LogP contribution in [0.1, 0.15) is 112 Å². The van der Waals surface area contributed by atoms with Gasteiger partial charge in [0, 0.05) is 22.7 Å².